The lowest BCUT2D eigenvalue weighted by molar-refractivity contribution is 0.533. The molecule has 5 heteroatoms. The summed E-state index contributed by atoms with van der Waals surface area (Å²) >= 11 is 0. The second-order valence-corrected chi connectivity index (χ2v) is 3.20. The van der Waals surface area contributed by atoms with Crippen molar-refractivity contribution in [2.45, 2.75) is 6.54 Å². The largest absolute Gasteiger partial charge is 0.351 e. The van der Waals surface area contributed by atoms with E-state index in [-0.39, 0.29) is 0 Å². The first-order chi connectivity index (χ1) is 6.86. The molecule has 1 aromatic heterocycles. The smallest absolute Gasteiger partial charge is 0.194 e. The third kappa shape index (κ3) is 1.99. The molecule has 0 unspecified atom stereocenters. The molecule has 1 aliphatic heterocycles. The Kier molecular flexibility index (Phi) is 2.58. The van der Waals surface area contributed by atoms with Crippen molar-refractivity contribution in [2.24, 2.45) is 4.99 Å². The quantitative estimate of drug-likeness (QED) is 0.707. The van der Waals surface area contributed by atoms with Crippen LogP contribution in [0.1, 0.15) is 5.69 Å². The predicted octanol–water partition coefficient (Wildman–Crippen LogP) is -0.132. The van der Waals surface area contributed by atoms with Crippen molar-refractivity contribution in [2.75, 3.05) is 20.1 Å². The number of aliphatic imine (C=N–C) groups is 1. The molecule has 1 aromatic rings. The molecule has 5 nitrogen and oxygen atoms in total. The minimum atomic E-state index is 0.678. The van der Waals surface area contributed by atoms with E-state index in [2.05, 4.69) is 25.4 Å². The van der Waals surface area contributed by atoms with E-state index in [1.807, 2.05) is 19.2 Å². The van der Waals surface area contributed by atoms with Crippen molar-refractivity contribution >= 4 is 5.96 Å². The zero-order valence-electron chi connectivity index (χ0n) is 8.14. The minimum Gasteiger partial charge on any atom is -0.351 e. The van der Waals surface area contributed by atoms with Crippen molar-refractivity contribution in [3.8, 4) is 0 Å². The minimum absolute atomic E-state index is 0.678. The van der Waals surface area contributed by atoms with E-state index in [1.54, 1.807) is 6.20 Å². The molecule has 2 heterocycles. The Morgan fingerprint density at radius 1 is 1.57 bits per heavy atom. The molecule has 14 heavy (non-hydrogen) atoms. The Labute approximate surface area is 82.9 Å². The first kappa shape index (κ1) is 8.93. The molecule has 1 N–H and O–H groups in total. The van der Waals surface area contributed by atoms with E-state index in [9.17, 15) is 0 Å². The maximum absolute atomic E-state index is 4.32. The molecule has 0 atom stereocenters. The fourth-order valence-corrected chi connectivity index (χ4v) is 1.32. The van der Waals surface area contributed by atoms with Gasteiger partial charge in [-0.1, -0.05) is 0 Å². The van der Waals surface area contributed by atoms with Crippen LogP contribution in [0.5, 0.6) is 0 Å². The number of nitrogens with zero attached hydrogens (tertiary/aromatic N) is 4. The third-order valence-corrected chi connectivity index (χ3v) is 2.11. The summed E-state index contributed by atoms with van der Waals surface area (Å²) in [6, 6.07) is 3.82. The van der Waals surface area contributed by atoms with Crippen LogP contribution in [0.3, 0.4) is 0 Å². The van der Waals surface area contributed by atoms with E-state index >= 15 is 0 Å². The molecule has 0 fully saturated rings. The van der Waals surface area contributed by atoms with Crippen molar-refractivity contribution in [3.63, 3.8) is 0 Å². The Balaban J connectivity index is 1.89. The molecule has 0 saturated heterocycles. The molecule has 2 rings (SSSR count). The molecule has 0 radical (unpaired) electrons. The molecule has 1 aliphatic rings. The molecular formula is C9H13N5. The summed E-state index contributed by atoms with van der Waals surface area (Å²) in [7, 11) is 2.02. The average molecular weight is 191 g/mol. The van der Waals surface area contributed by atoms with Gasteiger partial charge in [-0.3, -0.25) is 4.99 Å². The highest BCUT2D eigenvalue weighted by molar-refractivity contribution is 5.81. The van der Waals surface area contributed by atoms with E-state index in [4.69, 9.17) is 0 Å². The maximum Gasteiger partial charge on any atom is 0.194 e. The van der Waals surface area contributed by atoms with Gasteiger partial charge in [0.25, 0.3) is 0 Å². The van der Waals surface area contributed by atoms with Gasteiger partial charge in [-0.2, -0.15) is 10.2 Å². The van der Waals surface area contributed by atoms with Crippen molar-refractivity contribution in [3.05, 3.63) is 24.0 Å². The lowest BCUT2D eigenvalue weighted by Crippen LogP contribution is -2.35. The summed E-state index contributed by atoms with van der Waals surface area (Å²) in [5, 5.41) is 11.0. The highest BCUT2D eigenvalue weighted by Gasteiger charge is 2.11. The molecular weight excluding hydrogens is 178 g/mol. The van der Waals surface area contributed by atoms with Crippen LogP contribution in [0.4, 0.5) is 0 Å². The summed E-state index contributed by atoms with van der Waals surface area (Å²) in [5.74, 6) is 0.940. The summed E-state index contributed by atoms with van der Waals surface area (Å²) in [6.07, 6.45) is 1.67. The number of aromatic nitrogens is 2. The second-order valence-electron chi connectivity index (χ2n) is 3.20. The Morgan fingerprint density at radius 2 is 2.50 bits per heavy atom. The lowest BCUT2D eigenvalue weighted by Gasteiger charge is -2.14. The normalized spacial score (nSPS) is 15.5. The van der Waals surface area contributed by atoms with Gasteiger partial charge in [0.15, 0.2) is 5.96 Å². The van der Waals surface area contributed by atoms with Gasteiger partial charge in [-0.05, 0) is 12.1 Å². The van der Waals surface area contributed by atoms with Gasteiger partial charge in [-0.25, -0.2) is 0 Å². The van der Waals surface area contributed by atoms with Gasteiger partial charge in [-0.15, -0.1) is 0 Å². The number of likely N-dealkylation sites (N-methyl/N-ethyl adjacent to an activating group) is 1. The molecule has 0 saturated carbocycles. The van der Waals surface area contributed by atoms with Gasteiger partial charge < -0.3 is 10.2 Å². The van der Waals surface area contributed by atoms with Crippen LogP contribution in [-0.2, 0) is 6.54 Å². The number of hydrogen-bond acceptors (Lipinski definition) is 5. The van der Waals surface area contributed by atoms with E-state index in [0.717, 1.165) is 24.7 Å². The van der Waals surface area contributed by atoms with Crippen molar-refractivity contribution < 1.29 is 0 Å². The van der Waals surface area contributed by atoms with Crippen LogP contribution in [0, 0.1) is 0 Å². The Bertz CT molecular complexity index is 321. The lowest BCUT2D eigenvalue weighted by atomic mass is 10.4. The summed E-state index contributed by atoms with van der Waals surface area (Å²) < 4.78 is 0. The SMILES string of the molecule is CN1CCN=C1NCc1cccnn1. The monoisotopic (exact) mass is 191 g/mol. The second kappa shape index (κ2) is 4.04. The molecule has 0 bridgehead atoms. The van der Waals surface area contributed by atoms with Crippen LogP contribution < -0.4 is 5.32 Å². The van der Waals surface area contributed by atoms with Crippen LogP contribution in [0.25, 0.3) is 0 Å². The number of guanidine groups is 1. The summed E-state index contributed by atoms with van der Waals surface area (Å²) in [6.45, 7) is 2.54. The van der Waals surface area contributed by atoms with Gasteiger partial charge in [0, 0.05) is 19.8 Å². The standard InChI is InChI=1S/C9H13N5/c1-14-6-5-10-9(14)11-7-8-3-2-4-12-13-8/h2-4H,5-7H2,1H3,(H,10,11). The highest BCUT2D eigenvalue weighted by Crippen LogP contribution is 1.96. The van der Waals surface area contributed by atoms with Crippen LogP contribution in [0.2, 0.25) is 0 Å². The predicted molar refractivity (Wildman–Crippen MR) is 53.8 cm³/mol. The number of rotatable bonds is 2. The average Bonchev–Trinajstić information content (AvgIpc) is 2.63. The van der Waals surface area contributed by atoms with E-state index in [1.165, 1.54) is 0 Å². The van der Waals surface area contributed by atoms with Crippen LogP contribution in [0.15, 0.2) is 23.3 Å². The van der Waals surface area contributed by atoms with Crippen LogP contribution >= 0.6 is 0 Å². The molecule has 0 aromatic carbocycles. The van der Waals surface area contributed by atoms with Crippen molar-refractivity contribution in [1.29, 1.82) is 0 Å². The molecule has 0 aliphatic carbocycles. The first-order valence-electron chi connectivity index (χ1n) is 4.62. The van der Waals surface area contributed by atoms with Crippen LogP contribution in [-0.4, -0.2) is 41.2 Å². The number of nitrogens with one attached hydrogen (secondary N) is 1. The Morgan fingerprint density at radius 3 is 3.14 bits per heavy atom. The zero-order chi connectivity index (χ0) is 9.80. The molecule has 0 spiro atoms. The topological polar surface area (TPSA) is 53.4 Å². The van der Waals surface area contributed by atoms with Gasteiger partial charge in [0.05, 0.1) is 18.8 Å². The fraction of sp³-hybridized carbons (Fsp3) is 0.444. The summed E-state index contributed by atoms with van der Waals surface area (Å²) in [4.78, 5) is 6.41. The highest BCUT2D eigenvalue weighted by atomic mass is 15.3. The Hall–Kier alpha value is -1.65. The number of hydrogen-bond donors (Lipinski definition) is 1. The molecule has 0 amide bonds. The van der Waals surface area contributed by atoms with Crippen molar-refractivity contribution in [1.82, 2.24) is 20.4 Å². The fourth-order valence-electron chi connectivity index (χ4n) is 1.32. The maximum atomic E-state index is 4.32. The van der Waals surface area contributed by atoms with E-state index < -0.39 is 0 Å². The zero-order valence-corrected chi connectivity index (χ0v) is 8.14. The third-order valence-electron chi connectivity index (χ3n) is 2.11. The van der Waals surface area contributed by atoms with E-state index in [0.29, 0.717) is 6.54 Å². The molecule has 74 valence electrons. The first-order valence-corrected chi connectivity index (χ1v) is 4.62. The van der Waals surface area contributed by atoms with Gasteiger partial charge in [0.2, 0.25) is 0 Å². The van der Waals surface area contributed by atoms with Gasteiger partial charge >= 0.3 is 0 Å². The summed E-state index contributed by atoms with van der Waals surface area (Å²) in [5.41, 5.74) is 0.926. The van der Waals surface area contributed by atoms with Gasteiger partial charge in [0.1, 0.15) is 0 Å².